The Morgan fingerprint density at radius 2 is 2.06 bits per heavy atom. The summed E-state index contributed by atoms with van der Waals surface area (Å²) in [5, 5.41) is 11.1. The molecule has 16 heavy (non-hydrogen) atoms. The first kappa shape index (κ1) is 12.4. The van der Waals surface area contributed by atoms with Crippen molar-refractivity contribution in [3.8, 4) is 0 Å². The summed E-state index contributed by atoms with van der Waals surface area (Å²) < 4.78 is 0. The highest BCUT2D eigenvalue weighted by Gasteiger charge is 2.19. The van der Waals surface area contributed by atoms with E-state index < -0.39 is 17.9 Å². The van der Waals surface area contributed by atoms with E-state index in [1.54, 1.807) is 18.2 Å². The minimum absolute atomic E-state index is 0.0216. The van der Waals surface area contributed by atoms with Crippen molar-refractivity contribution < 1.29 is 14.7 Å². The van der Waals surface area contributed by atoms with Gasteiger partial charge in [-0.05, 0) is 12.1 Å². The van der Waals surface area contributed by atoms with Crippen molar-refractivity contribution in [3.63, 3.8) is 0 Å². The number of nitrogens with one attached hydrogen (secondary N) is 1. The fraction of sp³-hybridized carbons (Fsp3) is 0.200. The molecule has 0 aromatic heterocycles. The van der Waals surface area contributed by atoms with Crippen LogP contribution in [0.25, 0.3) is 0 Å². The monoisotopic (exact) mass is 240 g/mol. The van der Waals surface area contributed by atoms with Crippen molar-refractivity contribution in [3.05, 3.63) is 29.8 Å². The number of anilines is 1. The molecule has 4 N–H and O–H groups in total. The van der Waals surface area contributed by atoms with E-state index >= 15 is 0 Å². The largest absolute Gasteiger partial charge is 0.480 e. The predicted molar refractivity (Wildman–Crippen MR) is 63.6 cm³/mol. The molecule has 6 heteroatoms. The van der Waals surface area contributed by atoms with E-state index in [9.17, 15) is 9.59 Å². The van der Waals surface area contributed by atoms with Gasteiger partial charge >= 0.3 is 5.97 Å². The van der Waals surface area contributed by atoms with Crippen molar-refractivity contribution in [2.24, 2.45) is 0 Å². The van der Waals surface area contributed by atoms with Gasteiger partial charge in [0.2, 0.25) is 0 Å². The van der Waals surface area contributed by atoms with Crippen LogP contribution in [0.5, 0.6) is 0 Å². The molecule has 1 unspecified atom stereocenters. The number of rotatable bonds is 4. The lowest BCUT2D eigenvalue weighted by atomic mass is 10.1. The van der Waals surface area contributed by atoms with Crippen LogP contribution in [0.4, 0.5) is 5.69 Å². The molecule has 0 bridgehead atoms. The molecule has 0 aliphatic carbocycles. The molecule has 1 aromatic carbocycles. The van der Waals surface area contributed by atoms with E-state index in [-0.39, 0.29) is 11.3 Å². The van der Waals surface area contributed by atoms with Gasteiger partial charge in [0.25, 0.3) is 5.91 Å². The molecular weight excluding hydrogens is 228 g/mol. The first-order valence-corrected chi connectivity index (χ1v) is 5.18. The minimum Gasteiger partial charge on any atom is -0.480 e. The maximum atomic E-state index is 11.7. The number of carboxylic acids is 1. The summed E-state index contributed by atoms with van der Waals surface area (Å²) in [7, 11) is 0. The van der Waals surface area contributed by atoms with Crippen molar-refractivity contribution in [1.82, 2.24) is 5.32 Å². The molecule has 0 aliphatic heterocycles. The van der Waals surface area contributed by atoms with E-state index in [4.69, 9.17) is 10.8 Å². The number of amides is 1. The summed E-state index contributed by atoms with van der Waals surface area (Å²) in [6.07, 6.45) is 0. The summed E-state index contributed by atoms with van der Waals surface area (Å²) in [5.74, 6) is -1.62. The van der Waals surface area contributed by atoms with Crippen LogP contribution in [-0.4, -0.2) is 28.8 Å². The Kier molecular flexibility index (Phi) is 4.19. The van der Waals surface area contributed by atoms with Gasteiger partial charge in [-0.1, -0.05) is 12.1 Å². The van der Waals surface area contributed by atoms with Crippen LogP contribution in [0.1, 0.15) is 10.4 Å². The first-order chi connectivity index (χ1) is 7.56. The minimum atomic E-state index is -1.13. The number of carbonyl (C=O) groups excluding carboxylic acids is 1. The van der Waals surface area contributed by atoms with Crippen LogP contribution in [-0.2, 0) is 4.79 Å². The number of nitrogen functional groups attached to an aromatic ring is 1. The molecule has 86 valence electrons. The number of hydrogen-bond acceptors (Lipinski definition) is 4. The lowest BCUT2D eigenvalue weighted by Gasteiger charge is -2.12. The molecule has 0 radical (unpaired) electrons. The highest BCUT2D eigenvalue weighted by atomic mass is 32.1. The van der Waals surface area contributed by atoms with Crippen molar-refractivity contribution in [1.29, 1.82) is 0 Å². The van der Waals surface area contributed by atoms with Crippen LogP contribution in [0, 0.1) is 0 Å². The second-order valence-corrected chi connectivity index (χ2v) is 3.50. The number of benzene rings is 1. The lowest BCUT2D eigenvalue weighted by Crippen LogP contribution is -2.42. The van der Waals surface area contributed by atoms with Crippen LogP contribution in [0.3, 0.4) is 0 Å². The van der Waals surface area contributed by atoms with Gasteiger partial charge < -0.3 is 16.2 Å². The summed E-state index contributed by atoms with van der Waals surface area (Å²) in [6.45, 7) is 0. The van der Waals surface area contributed by atoms with Crippen molar-refractivity contribution in [2.75, 3.05) is 11.5 Å². The average Bonchev–Trinajstić information content (AvgIpc) is 2.25. The Balaban J connectivity index is 2.80. The molecule has 0 aliphatic rings. The van der Waals surface area contributed by atoms with Gasteiger partial charge in [0.1, 0.15) is 6.04 Å². The van der Waals surface area contributed by atoms with Gasteiger partial charge in [-0.15, -0.1) is 0 Å². The summed E-state index contributed by atoms with van der Waals surface area (Å²) in [4.78, 5) is 22.3. The van der Waals surface area contributed by atoms with Gasteiger partial charge in [0.15, 0.2) is 0 Å². The molecule has 0 heterocycles. The number of carboxylic acid groups (broad SMARTS) is 1. The SMILES string of the molecule is Nc1ccccc1C(=O)NC(CS)C(=O)O. The first-order valence-electron chi connectivity index (χ1n) is 4.55. The number of nitrogens with two attached hydrogens (primary N) is 1. The van der Waals surface area contributed by atoms with Crippen LogP contribution in [0.2, 0.25) is 0 Å². The molecule has 1 amide bonds. The van der Waals surface area contributed by atoms with Crippen LogP contribution in [0.15, 0.2) is 24.3 Å². The number of hydrogen-bond donors (Lipinski definition) is 4. The zero-order valence-corrected chi connectivity index (χ0v) is 9.28. The maximum absolute atomic E-state index is 11.7. The third-order valence-corrected chi connectivity index (χ3v) is 2.36. The lowest BCUT2D eigenvalue weighted by molar-refractivity contribution is -0.138. The normalized spacial score (nSPS) is 11.8. The molecule has 1 atom stereocenters. The van der Waals surface area contributed by atoms with Gasteiger partial charge in [-0.3, -0.25) is 4.79 Å². The fourth-order valence-corrected chi connectivity index (χ4v) is 1.37. The zero-order chi connectivity index (χ0) is 12.1. The Labute approximate surface area is 98.1 Å². The zero-order valence-electron chi connectivity index (χ0n) is 8.38. The summed E-state index contributed by atoms with van der Waals surface area (Å²) >= 11 is 3.84. The molecule has 1 rings (SSSR count). The predicted octanol–water partition coefficient (Wildman–Crippen LogP) is 0.382. The van der Waals surface area contributed by atoms with E-state index in [2.05, 4.69) is 17.9 Å². The number of thiol groups is 1. The Hall–Kier alpha value is -1.69. The topological polar surface area (TPSA) is 92.4 Å². The third kappa shape index (κ3) is 2.90. The highest BCUT2D eigenvalue weighted by molar-refractivity contribution is 7.80. The number of carbonyl (C=O) groups is 2. The third-order valence-electron chi connectivity index (χ3n) is 1.99. The molecule has 5 nitrogen and oxygen atoms in total. The summed E-state index contributed by atoms with van der Waals surface area (Å²) in [6, 6.07) is 5.43. The van der Waals surface area contributed by atoms with Crippen molar-refractivity contribution in [2.45, 2.75) is 6.04 Å². The quantitative estimate of drug-likeness (QED) is 0.452. The van der Waals surface area contributed by atoms with Crippen LogP contribution < -0.4 is 11.1 Å². The maximum Gasteiger partial charge on any atom is 0.327 e. The fourth-order valence-electron chi connectivity index (χ4n) is 1.13. The highest BCUT2D eigenvalue weighted by Crippen LogP contribution is 2.10. The molecular formula is C10H12N2O3S. The average molecular weight is 240 g/mol. The van der Waals surface area contributed by atoms with Gasteiger partial charge in [-0.25, -0.2) is 4.79 Å². The Bertz CT molecular complexity index is 409. The second-order valence-electron chi connectivity index (χ2n) is 3.13. The molecule has 0 spiro atoms. The van der Waals surface area contributed by atoms with Crippen molar-refractivity contribution >= 4 is 30.2 Å². The summed E-state index contributed by atoms with van der Waals surface area (Å²) in [5.41, 5.74) is 6.16. The number of para-hydroxylation sites is 1. The molecule has 0 saturated carbocycles. The number of aliphatic carboxylic acids is 1. The van der Waals surface area contributed by atoms with Gasteiger partial charge in [0.05, 0.1) is 5.56 Å². The molecule has 0 fully saturated rings. The van der Waals surface area contributed by atoms with E-state index in [1.807, 2.05) is 0 Å². The second kappa shape index (κ2) is 5.41. The van der Waals surface area contributed by atoms with Gasteiger partial charge in [-0.2, -0.15) is 12.6 Å². The molecule has 1 aromatic rings. The Morgan fingerprint density at radius 1 is 1.44 bits per heavy atom. The Morgan fingerprint density at radius 3 is 2.56 bits per heavy atom. The van der Waals surface area contributed by atoms with E-state index in [0.717, 1.165) is 0 Å². The smallest absolute Gasteiger partial charge is 0.327 e. The van der Waals surface area contributed by atoms with E-state index in [1.165, 1.54) is 6.07 Å². The van der Waals surface area contributed by atoms with E-state index in [0.29, 0.717) is 5.69 Å². The molecule has 0 saturated heterocycles. The van der Waals surface area contributed by atoms with Gasteiger partial charge in [0, 0.05) is 11.4 Å². The van der Waals surface area contributed by atoms with Crippen LogP contribution >= 0.6 is 12.6 Å². The standard InChI is InChI=1S/C10H12N2O3S/c11-7-4-2-1-3-6(7)9(13)12-8(5-16)10(14)15/h1-4,8,16H,5,11H2,(H,12,13)(H,14,15).